The van der Waals surface area contributed by atoms with Crippen molar-refractivity contribution in [2.45, 2.75) is 12.8 Å². The summed E-state index contributed by atoms with van der Waals surface area (Å²) in [6, 6.07) is 11.9. The summed E-state index contributed by atoms with van der Waals surface area (Å²) in [6.45, 7) is 0.724. The first-order valence-electron chi connectivity index (χ1n) is 7.82. The number of halogens is 2. The lowest BCUT2D eigenvalue weighted by Crippen LogP contribution is -2.39. The average molecular weight is 378 g/mol. The molecule has 0 bridgehead atoms. The van der Waals surface area contributed by atoms with Crippen molar-refractivity contribution in [1.29, 1.82) is 0 Å². The molecule has 130 valence electrons. The lowest BCUT2D eigenvalue weighted by atomic mass is 10.2. The predicted molar refractivity (Wildman–Crippen MR) is 102 cm³/mol. The molecule has 0 spiro atoms. The minimum atomic E-state index is -0.302. The van der Waals surface area contributed by atoms with Crippen molar-refractivity contribution in [2.75, 3.05) is 23.9 Å². The van der Waals surface area contributed by atoms with Gasteiger partial charge in [0.2, 0.25) is 0 Å². The largest absolute Gasteiger partial charge is 0.497 e. The van der Waals surface area contributed by atoms with Crippen LogP contribution < -0.4 is 15.0 Å². The Balaban J connectivity index is 1.87. The Morgan fingerprint density at radius 2 is 1.92 bits per heavy atom. The Labute approximate surface area is 156 Å². The Hall–Kier alpha value is -2.24. The number of methoxy groups -OCH3 is 1. The van der Waals surface area contributed by atoms with E-state index in [1.165, 1.54) is 0 Å². The summed E-state index contributed by atoms with van der Waals surface area (Å²) in [7, 11) is 1.60. The summed E-state index contributed by atoms with van der Waals surface area (Å²) in [6.07, 6.45) is 1.68. The number of anilines is 2. The Kier molecular flexibility index (Phi) is 5.46. The molecule has 0 saturated carbocycles. The fraction of sp³-hybridized carbons (Fsp3) is 0.222. The van der Waals surface area contributed by atoms with Gasteiger partial charge in [-0.05, 0) is 48.9 Å². The van der Waals surface area contributed by atoms with Crippen LogP contribution in [-0.4, -0.2) is 25.5 Å². The van der Waals surface area contributed by atoms with Crippen LogP contribution in [0.3, 0.4) is 0 Å². The Bertz CT molecular complexity index is 806. The molecule has 0 saturated heterocycles. The van der Waals surface area contributed by atoms with Crippen LogP contribution in [0.2, 0.25) is 10.0 Å². The second-order valence-electron chi connectivity index (χ2n) is 5.49. The van der Waals surface area contributed by atoms with Crippen LogP contribution in [0.5, 0.6) is 5.75 Å². The van der Waals surface area contributed by atoms with Gasteiger partial charge in [0.1, 0.15) is 11.6 Å². The fourth-order valence-electron chi connectivity index (χ4n) is 2.57. The van der Waals surface area contributed by atoms with Gasteiger partial charge < -0.3 is 10.1 Å². The molecule has 7 heteroatoms. The molecule has 0 aromatic heterocycles. The van der Waals surface area contributed by atoms with Gasteiger partial charge in [0.05, 0.1) is 22.8 Å². The molecule has 0 aliphatic carbocycles. The van der Waals surface area contributed by atoms with Crippen molar-refractivity contribution in [1.82, 2.24) is 0 Å². The van der Waals surface area contributed by atoms with E-state index in [2.05, 4.69) is 10.3 Å². The number of carbonyl (C=O) groups excluding carboxylic acids is 1. The van der Waals surface area contributed by atoms with E-state index in [0.717, 1.165) is 36.7 Å². The number of rotatable bonds is 3. The summed E-state index contributed by atoms with van der Waals surface area (Å²) in [5, 5.41) is 3.67. The van der Waals surface area contributed by atoms with E-state index in [0.29, 0.717) is 15.7 Å². The molecule has 2 amide bonds. The van der Waals surface area contributed by atoms with E-state index in [-0.39, 0.29) is 6.03 Å². The number of urea groups is 1. The van der Waals surface area contributed by atoms with Crippen LogP contribution in [0, 0.1) is 0 Å². The second kappa shape index (κ2) is 7.76. The molecule has 1 aliphatic heterocycles. The van der Waals surface area contributed by atoms with Crippen molar-refractivity contribution in [3.05, 3.63) is 52.5 Å². The molecule has 1 N–H and O–H groups in total. The molecule has 0 fully saturated rings. The molecular formula is C18H17Cl2N3O2. The van der Waals surface area contributed by atoms with Crippen molar-refractivity contribution in [3.63, 3.8) is 0 Å². The molecule has 0 atom stereocenters. The van der Waals surface area contributed by atoms with Gasteiger partial charge in [0.25, 0.3) is 0 Å². The van der Waals surface area contributed by atoms with Gasteiger partial charge in [-0.1, -0.05) is 23.2 Å². The molecule has 2 aromatic carbocycles. The number of hydrogen-bond acceptors (Lipinski definition) is 3. The number of nitrogens with zero attached hydrogens (tertiary/aromatic N) is 2. The summed E-state index contributed by atoms with van der Waals surface area (Å²) >= 11 is 11.9. The first-order chi connectivity index (χ1) is 12.1. The van der Waals surface area contributed by atoms with E-state index >= 15 is 0 Å². The number of amides is 2. The monoisotopic (exact) mass is 377 g/mol. The van der Waals surface area contributed by atoms with E-state index in [9.17, 15) is 4.79 Å². The third kappa shape index (κ3) is 4.06. The van der Waals surface area contributed by atoms with Gasteiger partial charge in [-0.3, -0.25) is 9.89 Å². The molecule has 1 aliphatic rings. The maximum atomic E-state index is 12.9. The number of carbonyl (C=O) groups is 1. The van der Waals surface area contributed by atoms with E-state index in [1.54, 1.807) is 30.2 Å². The summed E-state index contributed by atoms with van der Waals surface area (Å²) in [5.41, 5.74) is 1.29. The van der Waals surface area contributed by atoms with Gasteiger partial charge >= 0.3 is 6.03 Å². The van der Waals surface area contributed by atoms with E-state index in [4.69, 9.17) is 27.9 Å². The second-order valence-corrected chi connectivity index (χ2v) is 6.31. The third-order valence-electron chi connectivity index (χ3n) is 3.82. The summed E-state index contributed by atoms with van der Waals surface area (Å²) in [4.78, 5) is 18.9. The van der Waals surface area contributed by atoms with Crippen molar-refractivity contribution >= 4 is 46.4 Å². The zero-order valence-corrected chi connectivity index (χ0v) is 15.1. The number of ether oxygens (including phenoxy) is 1. The van der Waals surface area contributed by atoms with Crippen LogP contribution in [0.4, 0.5) is 16.2 Å². The van der Waals surface area contributed by atoms with Gasteiger partial charge in [-0.15, -0.1) is 0 Å². The number of benzene rings is 2. The Morgan fingerprint density at radius 3 is 2.52 bits per heavy atom. The molecule has 0 unspecified atom stereocenters. The molecule has 3 rings (SSSR count). The first kappa shape index (κ1) is 17.6. The third-order valence-corrected chi connectivity index (χ3v) is 4.55. The molecule has 0 radical (unpaired) electrons. The fourth-order valence-corrected chi connectivity index (χ4v) is 2.87. The first-order valence-corrected chi connectivity index (χ1v) is 8.57. The standard InChI is InChI=1S/C18H17Cl2N3O2/c1-25-14-7-5-13(6-8-14)23(17-3-2-10-21-17)18(24)22-12-4-9-15(19)16(20)11-12/h4-9,11H,2-3,10H2,1H3,(H,22,24). The SMILES string of the molecule is COc1ccc(N(C(=O)Nc2ccc(Cl)c(Cl)c2)C2=NCCC2)cc1. The van der Waals surface area contributed by atoms with Gasteiger partial charge in [-0.25, -0.2) is 4.79 Å². The zero-order valence-electron chi connectivity index (χ0n) is 13.6. The van der Waals surface area contributed by atoms with Gasteiger partial charge in [0, 0.05) is 18.7 Å². The maximum Gasteiger partial charge on any atom is 0.331 e. The van der Waals surface area contributed by atoms with Crippen LogP contribution >= 0.6 is 23.2 Å². The minimum absolute atomic E-state index is 0.302. The average Bonchev–Trinajstić information content (AvgIpc) is 3.13. The Morgan fingerprint density at radius 1 is 1.16 bits per heavy atom. The topological polar surface area (TPSA) is 53.9 Å². The highest BCUT2D eigenvalue weighted by atomic mass is 35.5. The molecular weight excluding hydrogens is 361 g/mol. The smallest absolute Gasteiger partial charge is 0.331 e. The molecule has 2 aromatic rings. The van der Waals surface area contributed by atoms with Crippen LogP contribution in [0.1, 0.15) is 12.8 Å². The van der Waals surface area contributed by atoms with E-state index in [1.807, 2.05) is 24.3 Å². The normalized spacial score (nSPS) is 13.3. The number of amidine groups is 1. The predicted octanol–water partition coefficient (Wildman–Crippen LogP) is 5.23. The van der Waals surface area contributed by atoms with Gasteiger partial charge in [-0.2, -0.15) is 0 Å². The maximum absolute atomic E-state index is 12.9. The van der Waals surface area contributed by atoms with E-state index < -0.39 is 0 Å². The van der Waals surface area contributed by atoms with Crippen LogP contribution in [0.25, 0.3) is 0 Å². The number of nitrogens with one attached hydrogen (secondary N) is 1. The number of hydrogen-bond donors (Lipinski definition) is 1. The lowest BCUT2D eigenvalue weighted by molar-refractivity contribution is 0.259. The van der Waals surface area contributed by atoms with Gasteiger partial charge in [0.15, 0.2) is 0 Å². The molecule has 25 heavy (non-hydrogen) atoms. The molecule has 1 heterocycles. The van der Waals surface area contributed by atoms with Crippen molar-refractivity contribution in [3.8, 4) is 5.75 Å². The quantitative estimate of drug-likeness (QED) is 0.795. The highest BCUT2D eigenvalue weighted by Gasteiger charge is 2.24. The zero-order chi connectivity index (χ0) is 17.8. The van der Waals surface area contributed by atoms with Crippen molar-refractivity contribution < 1.29 is 9.53 Å². The lowest BCUT2D eigenvalue weighted by Gasteiger charge is -2.23. The highest BCUT2D eigenvalue weighted by Crippen LogP contribution is 2.27. The van der Waals surface area contributed by atoms with Crippen molar-refractivity contribution in [2.24, 2.45) is 4.99 Å². The highest BCUT2D eigenvalue weighted by molar-refractivity contribution is 6.42. The minimum Gasteiger partial charge on any atom is -0.497 e. The molecule has 5 nitrogen and oxygen atoms in total. The number of aliphatic imine (C=N–C) groups is 1. The van der Waals surface area contributed by atoms with Crippen LogP contribution in [-0.2, 0) is 0 Å². The summed E-state index contributed by atoms with van der Waals surface area (Å²) < 4.78 is 5.18. The van der Waals surface area contributed by atoms with Crippen LogP contribution in [0.15, 0.2) is 47.5 Å². The summed E-state index contributed by atoms with van der Waals surface area (Å²) in [5.74, 6) is 1.46.